The number of hydrogen-bond acceptors (Lipinski definition) is 5. The van der Waals surface area contributed by atoms with Crippen molar-refractivity contribution in [3.63, 3.8) is 0 Å². The van der Waals surface area contributed by atoms with E-state index in [2.05, 4.69) is 10.3 Å². The van der Waals surface area contributed by atoms with Gasteiger partial charge in [-0.25, -0.2) is 4.98 Å². The van der Waals surface area contributed by atoms with E-state index in [0.717, 1.165) is 5.56 Å². The summed E-state index contributed by atoms with van der Waals surface area (Å²) >= 11 is 5.96. The van der Waals surface area contributed by atoms with Gasteiger partial charge in [-0.15, -0.1) is 0 Å². The Bertz CT molecular complexity index is 1010. The van der Waals surface area contributed by atoms with Crippen LogP contribution >= 0.6 is 11.6 Å². The second kappa shape index (κ2) is 8.96. The second-order valence-corrected chi connectivity index (χ2v) is 6.28. The molecule has 1 N–H and O–H groups in total. The van der Waals surface area contributed by atoms with Crippen molar-refractivity contribution in [2.24, 2.45) is 0 Å². The Morgan fingerprint density at radius 1 is 1.14 bits per heavy atom. The van der Waals surface area contributed by atoms with E-state index in [-0.39, 0.29) is 28.8 Å². The molecular formula is C20H16ClN3O4. The molecule has 8 heteroatoms. The van der Waals surface area contributed by atoms with E-state index in [0.29, 0.717) is 18.0 Å². The molecule has 2 aromatic carbocycles. The first-order chi connectivity index (χ1) is 13.5. The second-order valence-electron chi connectivity index (χ2n) is 5.85. The molecule has 0 saturated heterocycles. The molecule has 1 aromatic heterocycles. The normalized spacial score (nSPS) is 10.3. The van der Waals surface area contributed by atoms with Gasteiger partial charge in [-0.1, -0.05) is 29.8 Å². The Morgan fingerprint density at radius 3 is 2.75 bits per heavy atom. The summed E-state index contributed by atoms with van der Waals surface area (Å²) in [6.45, 7) is 0.407. The highest BCUT2D eigenvalue weighted by Crippen LogP contribution is 2.26. The quantitative estimate of drug-likeness (QED) is 0.470. The van der Waals surface area contributed by atoms with Crippen molar-refractivity contribution in [1.82, 2.24) is 10.3 Å². The van der Waals surface area contributed by atoms with Gasteiger partial charge in [0.2, 0.25) is 5.88 Å². The van der Waals surface area contributed by atoms with Gasteiger partial charge in [0.1, 0.15) is 11.3 Å². The smallest absolute Gasteiger partial charge is 0.273 e. The molecule has 7 nitrogen and oxygen atoms in total. The lowest BCUT2D eigenvalue weighted by Crippen LogP contribution is -2.26. The maximum Gasteiger partial charge on any atom is 0.273 e. The molecule has 0 unspecified atom stereocenters. The monoisotopic (exact) mass is 397 g/mol. The van der Waals surface area contributed by atoms with Gasteiger partial charge in [0.05, 0.1) is 11.0 Å². The molecule has 3 aromatic rings. The van der Waals surface area contributed by atoms with Crippen molar-refractivity contribution in [2.75, 3.05) is 6.54 Å². The predicted molar refractivity (Wildman–Crippen MR) is 105 cm³/mol. The molecule has 3 rings (SSSR count). The van der Waals surface area contributed by atoms with Crippen LogP contribution < -0.4 is 10.1 Å². The van der Waals surface area contributed by atoms with E-state index in [1.165, 1.54) is 24.4 Å². The number of aromatic nitrogens is 1. The first-order valence-corrected chi connectivity index (χ1v) is 8.81. The number of hydrogen-bond donors (Lipinski definition) is 1. The summed E-state index contributed by atoms with van der Waals surface area (Å²) in [4.78, 5) is 27.0. The summed E-state index contributed by atoms with van der Waals surface area (Å²) in [5, 5.41) is 14.4. The highest BCUT2D eigenvalue weighted by Gasteiger charge is 2.15. The number of carbonyl (C=O) groups is 1. The molecule has 0 spiro atoms. The zero-order chi connectivity index (χ0) is 19.9. The highest BCUT2D eigenvalue weighted by molar-refractivity contribution is 6.30. The molecule has 0 fully saturated rings. The Labute approximate surface area is 166 Å². The van der Waals surface area contributed by atoms with Crippen molar-refractivity contribution in [2.45, 2.75) is 6.42 Å². The molecule has 1 heterocycles. The number of nitro benzene ring substituents is 1. The van der Waals surface area contributed by atoms with Crippen LogP contribution in [0.4, 0.5) is 5.69 Å². The fourth-order valence-electron chi connectivity index (χ4n) is 2.53. The number of nitrogens with zero attached hydrogens (tertiary/aromatic N) is 2. The lowest BCUT2D eigenvalue weighted by atomic mass is 10.1. The molecule has 0 aliphatic rings. The van der Waals surface area contributed by atoms with Gasteiger partial charge in [-0.3, -0.25) is 14.9 Å². The minimum absolute atomic E-state index is 0.0725. The van der Waals surface area contributed by atoms with Gasteiger partial charge < -0.3 is 10.1 Å². The Hall–Kier alpha value is -3.45. The summed E-state index contributed by atoms with van der Waals surface area (Å²) < 4.78 is 5.61. The fraction of sp³-hybridized carbons (Fsp3) is 0.100. The summed E-state index contributed by atoms with van der Waals surface area (Å²) in [5.74, 6) is -0.0558. The first-order valence-electron chi connectivity index (χ1n) is 8.43. The average Bonchev–Trinajstić information content (AvgIpc) is 2.68. The van der Waals surface area contributed by atoms with Gasteiger partial charge in [0.25, 0.3) is 11.6 Å². The largest absolute Gasteiger partial charge is 0.438 e. The third kappa shape index (κ3) is 5.05. The molecule has 0 aliphatic heterocycles. The highest BCUT2D eigenvalue weighted by atomic mass is 35.5. The van der Waals surface area contributed by atoms with Crippen LogP contribution in [0.1, 0.15) is 15.9 Å². The van der Waals surface area contributed by atoms with Crippen LogP contribution in [-0.4, -0.2) is 22.4 Å². The van der Waals surface area contributed by atoms with Crippen LogP contribution in [0, 0.1) is 10.1 Å². The van der Waals surface area contributed by atoms with Crippen LogP contribution in [0.5, 0.6) is 11.6 Å². The lowest BCUT2D eigenvalue weighted by Gasteiger charge is -2.10. The molecule has 0 bridgehead atoms. The van der Waals surface area contributed by atoms with Gasteiger partial charge in [-0.05, 0) is 42.3 Å². The van der Waals surface area contributed by atoms with E-state index >= 15 is 0 Å². The number of amides is 1. The number of benzene rings is 2. The molecule has 28 heavy (non-hydrogen) atoms. The minimum atomic E-state index is -0.519. The van der Waals surface area contributed by atoms with Crippen LogP contribution in [0.25, 0.3) is 0 Å². The van der Waals surface area contributed by atoms with Crippen LogP contribution in [-0.2, 0) is 6.42 Å². The maximum absolute atomic E-state index is 12.5. The Balaban J connectivity index is 1.68. The van der Waals surface area contributed by atoms with Crippen molar-refractivity contribution in [3.05, 3.63) is 93.1 Å². The fourth-order valence-corrected chi connectivity index (χ4v) is 2.74. The topological polar surface area (TPSA) is 94.4 Å². The average molecular weight is 398 g/mol. The molecule has 0 atom stereocenters. The standard InChI is InChI=1S/C20H16ClN3O4/c21-15-5-1-4-14(12-15)9-11-22-19(25)18-8-3-10-23-20(18)28-17-7-2-6-16(13-17)24(26)27/h1-8,10,12-13H,9,11H2,(H,22,25). The van der Waals surface area contributed by atoms with Crippen LogP contribution in [0.3, 0.4) is 0 Å². The van der Waals surface area contributed by atoms with Crippen molar-refractivity contribution in [1.29, 1.82) is 0 Å². The van der Waals surface area contributed by atoms with Gasteiger partial charge in [-0.2, -0.15) is 0 Å². The number of non-ortho nitro benzene ring substituents is 1. The summed E-state index contributed by atoms with van der Waals surface area (Å²) in [7, 11) is 0. The van der Waals surface area contributed by atoms with Gasteiger partial charge in [0.15, 0.2) is 0 Å². The number of ether oxygens (including phenoxy) is 1. The summed E-state index contributed by atoms with van der Waals surface area (Å²) in [6, 6.07) is 16.3. The van der Waals surface area contributed by atoms with E-state index in [1.807, 2.05) is 18.2 Å². The number of nitrogens with one attached hydrogen (secondary N) is 1. The zero-order valence-electron chi connectivity index (χ0n) is 14.7. The molecule has 0 radical (unpaired) electrons. The van der Waals surface area contributed by atoms with Crippen LogP contribution in [0.15, 0.2) is 66.9 Å². The Morgan fingerprint density at radius 2 is 1.96 bits per heavy atom. The maximum atomic E-state index is 12.5. The molecule has 142 valence electrons. The molecule has 0 saturated carbocycles. The van der Waals surface area contributed by atoms with Crippen molar-refractivity contribution in [3.8, 4) is 11.6 Å². The van der Waals surface area contributed by atoms with E-state index in [1.54, 1.807) is 24.3 Å². The minimum Gasteiger partial charge on any atom is -0.438 e. The Kier molecular flexibility index (Phi) is 6.18. The zero-order valence-corrected chi connectivity index (χ0v) is 15.4. The summed E-state index contributed by atoms with van der Waals surface area (Å²) in [6.07, 6.45) is 2.10. The van der Waals surface area contributed by atoms with Gasteiger partial charge >= 0.3 is 0 Å². The predicted octanol–water partition coefficient (Wildman–Crippen LogP) is 4.41. The number of rotatable bonds is 7. The SMILES string of the molecule is O=C(NCCc1cccc(Cl)c1)c1cccnc1Oc1cccc([N+](=O)[O-])c1. The first kappa shape index (κ1) is 19.3. The van der Waals surface area contributed by atoms with Crippen molar-refractivity contribution >= 4 is 23.2 Å². The number of carbonyl (C=O) groups excluding carboxylic acids is 1. The molecule has 0 aliphatic carbocycles. The number of halogens is 1. The van der Waals surface area contributed by atoms with Crippen molar-refractivity contribution < 1.29 is 14.5 Å². The number of nitro groups is 1. The van der Waals surface area contributed by atoms with E-state index < -0.39 is 4.92 Å². The third-order valence-electron chi connectivity index (χ3n) is 3.85. The lowest BCUT2D eigenvalue weighted by molar-refractivity contribution is -0.384. The molecular weight excluding hydrogens is 382 g/mol. The van der Waals surface area contributed by atoms with E-state index in [9.17, 15) is 14.9 Å². The summed E-state index contributed by atoms with van der Waals surface area (Å²) in [5.41, 5.74) is 1.13. The van der Waals surface area contributed by atoms with Gasteiger partial charge in [0, 0.05) is 23.8 Å². The molecule has 1 amide bonds. The van der Waals surface area contributed by atoms with Crippen LogP contribution in [0.2, 0.25) is 5.02 Å². The van der Waals surface area contributed by atoms with E-state index in [4.69, 9.17) is 16.3 Å². The number of pyridine rings is 1. The third-order valence-corrected chi connectivity index (χ3v) is 4.08.